The zero-order chi connectivity index (χ0) is 10.6. The smallest absolute Gasteiger partial charge is 0.184 e. The normalized spacial score (nSPS) is 11.9. The second-order valence-electron chi connectivity index (χ2n) is 3.39. The number of hydrogen-bond donors (Lipinski definition) is 0. The van der Waals surface area contributed by atoms with Crippen LogP contribution in [0.25, 0.3) is 0 Å². The Kier molecular flexibility index (Phi) is 3.53. The summed E-state index contributed by atoms with van der Waals surface area (Å²) in [4.78, 5) is 0. The first-order valence-corrected chi connectivity index (χ1v) is 4.81. The van der Waals surface area contributed by atoms with E-state index >= 15 is 0 Å². The fraction of sp³-hybridized carbons (Fsp3) is 0.417. The number of rotatable bonds is 3. The van der Waals surface area contributed by atoms with Crippen LogP contribution in [0, 0.1) is 25.2 Å². The van der Waals surface area contributed by atoms with Gasteiger partial charge in [0.15, 0.2) is 6.10 Å². The summed E-state index contributed by atoms with van der Waals surface area (Å²) in [5, 5.41) is 8.74. The first kappa shape index (κ1) is 10.6. The molecule has 1 aromatic carbocycles. The summed E-state index contributed by atoms with van der Waals surface area (Å²) in [6.07, 6.45) is 0.376. The molecule has 0 aliphatic heterocycles. The molecule has 0 saturated heterocycles. The van der Waals surface area contributed by atoms with Gasteiger partial charge in [0.05, 0.1) is 0 Å². The van der Waals surface area contributed by atoms with Crippen molar-refractivity contribution in [2.45, 2.75) is 33.3 Å². The molecule has 0 heterocycles. The lowest BCUT2D eigenvalue weighted by Crippen LogP contribution is -2.12. The van der Waals surface area contributed by atoms with Crippen LogP contribution in [0.4, 0.5) is 0 Å². The predicted molar refractivity (Wildman–Crippen MR) is 56.2 cm³/mol. The zero-order valence-corrected chi connectivity index (χ0v) is 8.87. The molecule has 1 rings (SSSR count). The first-order valence-electron chi connectivity index (χ1n) is 4.81. The molecule has 1 atom stereocenters. The van der Waals surface area contributed by atoms with Gasteiger partial charge < -0.3 is 4.74 Å². The fourth-order valence-corrected chi connectivity index (χ4v) is 1.15. The third-order valence-corrected chi connectivity index (χ3v) is 2.27. The van der Waals surface area contributed by atoms with Gasteiger partial charge in [-0.05, 0) is 43.5 Å². The Morgan fingerprint density at radius 2 is 2.07 bits per heavy atom. The summed E-state index contributed by atoms with van der Waals surface area (Å²) in [5.74, 6) is 0.779. The third-order valence-electron chi connectivity index (χ3n) is 2.27. The van der Waals surface area contributed by atoms with E-state index < -0.39 is 0 Å². The number of benzene rings is 1. The van der Waals surface area contributed by atoms with E-state index in [1.54, 1.807) is 0 Å². The van der Waals surface area contributed by atoms with Crippen molar-refractivity contribution in [1.29, 1.82) is 5.26 Å². The number of nitriles is 1. The van der Waals surface area contributed by atoms with Crippen LogP contribution in [0.3, 0.4) is 0 Å². The molecule has 0 bridgehead atoms. The van der Waals surface area contributed by atoms with E-state index in [-0.39, 0.29) is 6.10 Å². The van der Waals surface area contributed by atoms with Crippen LogP contribution in [0.1, 0.15) is 24.5 Å². The molecule has 0 saturated carbocycles. The highest BCUT2D eigenvalue weighted by atomic mass is 16.5. The molecule has 1 aromatic rings. The van der Waals surface area contributed by atoms with Gasteiger partial charge in [-0.1, -0.05) is 13.0 Å². The van der Waals surface area contributed by atoms with Gasteiger partial charge in [-0.3, -0.25) is 0 Å². The minimum absolute atomic E-state index is 0.336. The van der Waals surface area contributed by atoms with Crippen molar-refractivity contribution < 1.29 is 4.74 Å². The Balaban J connectivity index is 2.78. The summed E-state index contributed by atoms with van der Waals surface area (Å²) in [6, 6.07) is 7.99. The number of hydrogen-bond acceptors (Lipinski definition) is 2. The maximum absolute atomic E-state index is 8.74. The van der Waals surface area contributed by atoms with E-state index in [0.29, 0.717) is 6.42 Å². The minimum Gasteiger partial charge on any atom is -0.476 e. The lowest BCUT2D eigenvalue weighted by Gasteiger charge is -2.11. The monoisotopic (exact) mass is 189 g/mol. The van der Waals surface area contributed by atoms with E-state index in [0.717, 1.165) is 5.75 Å². The maximum Gasteiger partial charge on any atom is 0.184 e. The molecular weight excluding hydrogens is 174 g/mol. The number of aryl methyl sites for hydroxylation is 2. The number of ether oxygens (including phenoxy) is 1. The Morgan fingerprint density at radius 1 is 1.36 bits per heavy atom. The number of nitrogens with zero attached hydrogens (tertiary/aromatic N) is 1. The van der Waals surface area contributed by atoms with Crippen LogP contribution in [0.5, 0.6) is 5.75 Å². The molecule has 0 fully saturated rings. The molecule has 74 valence electrons. The second kappa shape index (κ2) is 4.66. The minimum atomic E-state index is -0.336. The van der Waals surface area contributed by atoms with Crippen molar-refractivity contribution in [3.63, 3.8) is 0 Å². The van der Waals surface area contributed by atoms with Crippen molar-refractivity contribution in [2.75, 3.05) is 0 Å². The summed E-state index contributed by atoms with van der Waals surface area (Å²) < 4.78 is 5.49. The standard InChI is InChI=1S/C12H15NO/c1-4-11(8-13)14-12-6-5-9(2)10(3)7-12/h5-7,11H,4H2,1-3H3. The van der Waals surface area contributed by atoms with E-state index in [1.807, 2.05) is 32.0 Å². The van der Waals surface area contributed by atoms with Crippen LogP contribution in [-0.2, 0) is 0 Å². The van der Waals surface area contributed by atoms with Gasteiger partial charge in [0.1, 0.15) is 11.8 Å². The summed E-state index contributed by atoms with van der Waals surface area (Å²) in [6.45, 7) is 6.03. The van der Waals surface area contributed by atoms with E-state index in [9.17, 15) is 0 Å². The van der Waals surface area contributed by atoms with Crippen molar-refractivity contribution in [3.8, 4) is 11.8 Å². The molecule has 1 unspecified atom stereocenters. The summed E-state index contributed by atoms with van der Waals surface area (Å²) >= 11 is 0. The van der Waals surface area contributed by atoms with Crippen molar-refractivity contribution >= 4 is 0 Å². The summed E-state index contributed by atoms with van der Waals surface area (Å²) in [7, 11) is 0. The van der Waals surface area contributed by atoms with Crippen molar-refractivity contribution in [3.05, 3.63) is 29.3 Å². The fourth-order valence-electron chi connectivity index (χ4n) is 1.15. The summed E-state index contributed by atoms with van der Waals surface area (Å²) in [5.41, 5.74) is 2.43. The van der Waals surface area contributed by atoms with Gasteiger partial charge in [-0.15, -0.1) is 0 Å². The van der Waals surface area contributed by atoms with Gasteiger partial charge in [-0.25, -0.2) is 0 Å². The molecule has 0 N–H and O–H groups in total. The van der Waals surface area contributed by atoms with Crippen LogP contribution >= 0.6 is 0 Å². The largest absolute Gasteiger partial charge is 0.476 e. The van der Waals surface area contributed by atoms with Gasteiger partial charge in [0, 0.05) is 0 Å². The molecule has 0 amide bonds. The highest BCUT2D eigenvalue weighted by molar-refractivity contribution is 5.34. The third kappa shape index (κ3) is 2.50. The first-order chi connectivity index (χ1) is 6.67. The van der Waals surface area contributed by atoms with Crippen LogP contribution in [-0.4, -0.2) is 6.10 Å². The Labute approximate surface area is 85.1 Å². The second-order valence-corrected chi connectivity index (χ2v) is 3.39. The van der Waals surface area contributed by atoms with Gasteiger partial charge in [0.25, 0.3) is 0 Å². The molecule has 0 aliphatic rings. The average molecular weight is 189 g/mol. The lowest BCUT2D eigenvalue weighted by molar-refractivity contribution is 0.251. The highest BCUT2D eigenvalue weighted by Crippen LogP contribution is 2.18. The van der Waals surface area contributed by atoms with E-state index in [4.69, 9.17) is 10.00 Å². The molecule has 14 heavy (non-hydrogen) atoms. The molecule has 0 radical (unpaired) electrons. The Hall–Kier alpha value is -1.49. The van der Waals surface area contributed by atoms with Crippen LogP contribution in [0.2, 0.25) is 0 Å². The Bertz CT molecular complexity index is 352. The van der Waals surface area contributed by atoms with Gasteiger partial charge in [-0.2, -0.15) is 5.26 Å². The molecule has 0 aliphatic carbocycles. The quantitative estimate of drug-likeness (QED) is 0.732. The maximum atomic E-state index is 8.74. The van der Waals surface area contributed by atoms with Gasteiger partial charge >= 0.3 is 0 Å². The van der Waals surface area contributed by atoms with Gasteiger partial charge in [0.2, 0.25) is 0 Å². The van der Waals surface area contributed by atoms with E-state index in [1.165, 1.54) is 11.1 Å². The molecule has 2 heteroatoms. The zero-order valence-electron chi connectivity index (χ0n) is 8.87. The van der Waals surface area contributed by atoms with Crippen LogP contribution < -0.4 is 4.74 Å². The topological polar surface area (TPSA) is 33.0 Å². The predicted octanol–water partition coefficient (Wildman–Crippen LogP) is 2.98. The molecule has 2 nitrogen and oxygen atoms in total. The highest BCUT2D eigenvalue weighted by Gasteiger charge is 2.05. The average Bonchev–Trinajstić information content (AvgIpc) is 2.19. The SMILES string of the molecule is CCC(C#N)Oc1ccc(C)c(C)c1. The van der Waals surface area contributed by atoms with Crippen LogP contribution in [0.15, 0.2) is 18.2 Å². The van der Waals surface area contributed by atoms with Crippen molar-refractivity contribution in [2.24, 2.45) is 0 Å². The molecule has 0 aromatic heterocycles. The van der Waals surface area contributed by atoms with E-state index in [2.05, 4.69) is 13.0 Å². The van der Waals surface area contributed by atoms with Crippen molar-refractivity contribution in [1.82, 2.24) is 0 Å². The molecule has 0 spiro atoms. The lowest BCUT2D eigenvalue weighted by atomic mass is 10.1. The molecular formula is C12H15NO. The Morgan fingerprint density at radius 3 is 2.57 bits per heavy atom.